The van der Waals surface area contributed by atoms with Crippen LogP contribution in [0.5, 0.6) is 0 Å². The fourth-order valence-electron chi connectivity index (χ4n) is 2.41. The Kier molecular flexibility index (Phi) is 5.83. The van der Waals surface area contributed by atoms with Crippen molar-refractivity contribution in [1.82, 2.24) is 4.90 Å². The summed E-state index contributed by atoms with van der Waals surface area (Å²) in [6, 6.07) is 7.63. The summed E-state index contributed by atoms with van der Waals surface area (Å²) < 4.78 is 0. The van der Waals surface area contributed by atoms with Crippen molar-refractivity contribution in [3.8, 4) is 0 Å². The highest BCUT2D eigenvalue weighted by Gasteiger charge is 2.26. The largest absolute Gasteiger partial charge is 0.338 e. The van der Waals surface area contributed by atoms with E-state index in [9.17, 15) is 4.79 Å². The molecule has 106 valence electrons. The van der Waals surface area contributed by atoms with Crippen molar-refractivity contribution in [2.45, 2.75) is 26.8 Å². The smallest absolute Gasteiger partial charge is 0.253 e. The van der Waals surface area contributed by atoms with Crippen LogP contribution in [0.25, 0.3) is 0 Å². The number of benzene rings is 1. The van der Waals surface area contributed by atoms with Gasteiger partial charge < -0.3 is 10.6 Å². The van der Waals surface area contributed by atoms with E-state index in [0.29, 0.717) is 18.4 Å². The lowest BCUT2D eigenvalue weighted by Crippen LogP contribution is -2.42. The van der Waals surface area contributed by atoms with E-state index in [1.165, 1.54) is 0 Å². The van der Waals surface area contributed by atoms with Gasteiger partial charge in [0.15, 0.2) is 0 Å². The van der Waals surface area contributed by atoms with Gasteiger partial charge in [-0.15, -0.1) is 12.4 Å². The van der Waals surface area contributed by atoms with Crippen LogP contribution in [0.1, 0.15) is 36.2 Å². The summed E-state index contributed by atoms with van der Waals surface area (Å²) in [5.74, 6) is 1.46. The number of hydrogen-bond donors (Lipinski definition) is 1. The summed E-state index contributed by atoms with van der Waals surface area (Å²) in [6.45, 7) is 6.76. The zero-order valence-corrected chi connectivity index (χ0v) is 12.5. The Balaban J connectivity index is 0.00000180. The third-order valence-electron chi connectivity index (χ3n) is 4.06. The Hall–Kier alpha value is -1.06. The number of likely N-dealkylation sites (tertiary alicyclic amines) is 1. The summed E-state index contributed by atoms with van der Waals surface area (Å²) in [4.78, 5) is 14.3. The number of nitrogens with two attached hydrogens (primary N) is 1. The zero-order chi connectivity index (χ0) is 13.1. The maximum absolute atomic E-state index is 12.3. The molecule has 19 heavy (non-hydrogen) atoms. The Morgan fingerprint density at radius 3 is 2.42 bits per heavy atom. The second kappa shape index (κ2) is 6.92. The molecule has 0 saturated carbocycles. The van der Waals surface area contributed by atoms with Gasteiger partial charge in [0, 0.05) is 25.2 Å². The van der Waals surface area contributed by atoms with Crippen molar-refractivity contribution in [2.75, 3.05) is 13.1 Å². The molecule has 0 bridgehead atoms. The minimum atomic E-state index is 0. The average Bonchev–Trinajstić information content (AvgIpc) is 2.41. The molecule has 1 aliphatic heterocycles. The SMILES string of the molecule is CC1CCN(C(=O)c2ccc(CN)cc2)CC1C.Cl. The first-order valence-electron chi connectivity index (χ1n) is 6.70. The van der Waals surface area contributed by atoms with E-state index in [0.717, 1.165) is 30.6 Å². The van der Waals surface area contributed by atoms with Crippen LogP contribution in [0.3, 0.4) is 0 Å². The monoisotopic (exact) mass is 282 g/mol. The van der Waals surface area contributed by atoms with Crippen molar-refractivity contribution in [1.29, 1.82) is 0 Å². The molecule has 0 spiro atoms. The van der Waals surface area contributed by atoms with E-state index < -0.39 is 0 Å². The molecule has 1 heterocycles. The number of rotatable bonds is 2. The molecular formula is C15H23ClN2O. The Morgan fingerprint density at radius 1 is 1.26 bits per heavy atom. The van der Waals surface area contributed by atoms with E-state index >= 15 is 0 Å². The predicted octanol–water partition coefficient (Wildman–Crippen LogP) is 2.69. The van der Waals surface area contributed by atoms with Crippen LogP contribution < -0.4 is 5.73 Å². The number of carbonyl (C=O) groups excluding carboxylic acids is 1. The molecule has 1 saturated heterocycles. The number of carbonyl (C=O) groups is 1. The fourth-order valence-corrected chi connectivity index (χ4v) is 2.41. The van der Waals surface area contributed by atoms with Gasteiger partial charge in [0.2, 0.25) is 0 Å². The summed E-state index contributed by atoms with van der Waals surface area (Å²) in [5, 5.41) is 0. The van der Waals surface area contributed by atoms with E-state index in [1.54, 1.807) is 0 Å². The van der Waals surface area contributed by atoms with Crippen molar-refractivity contribution in [2.24, 2.45) is 17.6 Å². The van der Waals surface area contributed by atoms with Crippen LogP contribution >= 0.6 is 12.4 Å². The molecule has 0 radical (unpaired) electrons. The summed E-state index contributed by atoms with van der Waals surface area (Å²) in [6.07, 6.45) is 1.10. The summed E-state index contributed by atoms with van der Waals surface area (Å²) in [7, 11) is 0. The fraction of sp³-hybridized carbons (Fsp3) is 0.533. The van der Waals surface area contributed by atoms with Crippen molar-refractivity contribution >= 4 is 18.3 Å². The summed E-state index contributed by atoms with van der Waals surface area (Å²) >= 11 is 0. The molecule has 2 atom stereocenters. The normalized spacial score (nSPS) is 22.8. The molecule has 1 aliphatic rings. The predicted molar refractivity (Wildman–Crippen MR) is 80.4 cm³/mol. The first kappa shape index (κ1) is 16.0. The molecule has 1 aromatic rings. The molecule has 1 amide bonds. The molecule has 1 fully saturated rings. The molecule has 1 aromatic carbocycles. The molecule has 0 aliphatic carbocycles. The van der Waals surface area contributed by atoms with E-state index in [4.69, 9.17) is 5.73 Å². The van der Waals surface area contributed by atoms with Crippen molar-refractivity contribution in [3.05, 3.63) is 35.4 Å². The standard InChI is InChI=1S/C15H22N2O.ClH/c1-11-7-8-17(10-12(11)2)15(18)14-5-3-13(9-16)4-6-14;/h3-6,11-12H,7-10,16H2,1-2H3;1H. The zero-order valence-electron chi connectivity index (χ0n) is 11.6. The molecule has 3 nitrogen and oxygen atoms in total. The topological polar surface area (TPSA) is 46.3 Å². The summed E-state index contributed by atoms with van der Waals surface area (Å²) in [5.41, 5.74) is 7.39. The van der Waals surface area contributed by atoms with Crippen LogP contribution in [0.4, 0.5) is 0 Å². The highest BCUT2D eigenvalue weighted by Crippen LogP contribution is 2.23. The van der Waals surface area contributed by atoms with E-state index in [2.05, 4.69) is 13.8 Å². The van der Waals surface area contributed by atoms with Crippen LogP contribution in [0, 0.1) is 11.8 Å². The highest BCUT2D eigenvalue weighted by atomic mass is 35.5. The molecule has 2 N–H and O–H groups in total. The number of halogens is 1. The first-order chi connectivity index (χ1) is 8.61. The Bertz CT molecular complexity index is 419. The van der Waals surface area contributed by atoms with Gasteiger partial charge in [-0.3, -0.25) is 4.79 Å². The van der Waals surface area contributed by atoms with Crippen LogP contribution in [0.2, 0.25) is 0 Å². The van der Waals surface area contributed by atoms with E-state index in [-0.39, 0.29) is 18.3 Å². The van der Waals surface area contributed by atoms with Gasteiger partial charge >= 0.3 is 0 Å². The highest BCUT2D eigenvalue weighted by molar-refractivity contribution is 5.94. The number of amides is 1. The first-order valence-corrected chi connectivity index (χ1v) is 6.70. The second-order valence-corrected chi connectivity index (χ2v) is 5.40. The molecule has 4 heteroatoms. The number of piperidine rings is 1. The van der Waals surface area contributed by atoms with Gasteiger partial charge in [-0.25, -0.2) is 0 Å². The van der Waals surface area contributed by atoms with E-state index in [1.807, 2.05) is 29.2 Å². The van der Waals surface area contributed by atoms with Gasteiger partial charge in [-0.1, -0.05) is 26.0 Å². The number of hydrogen-bond acceptors (Lipinski definition) is 2. The third kappa shape index (κ3) is 3.71. The quantitative estimate of drug-likeness (QED) is 0.906. The lowest BCUT2D eigenvalue weighted by Gasteiger charge is -2.35. The Labute approximate surface area is 121 Å². The Morgan fingerprint density at radius 2 is 1.89 bits per heavy atom. The lowest BCUT2D eigenvalue weighted by atomic mass is 9.88. The van der Waals surface area contributed by atoms with Crippen molar-refractivity contribution in [3.63, 3.8) is 0 Å². The van der Waals surface area contributed by atoms with Gasteiger partial charge in [0.25, 0.3) is 5.91 Å². The van der Waals surface area contributed by atoms with Gasteiger partial charge in [0.1, 0.15) is 0 Å². The molecular weight excluding hydrogens is 260 g/mol. The molecule has 0 aromatic heterocycles. The third-order valence-corrected chi connectivity index (χ3v) is 4.06. The number of nitrogens with zero attached hydrogens (tertiary/aromatic N) is 1. The molecule has 2 unspecified atom stereocenters. The van der Waals surface area contributed by atoms with Gasteiger partial charge in [-0.05, 0) is 36.0 Å². The maximum atomic E-state index is 12.3. The average molecular weight is 283 g/mol. The van der Waals surface area contributed by atoms with Crippen LogP contribution in [-0.2, 0) is 6.54 Å². The van der Waals surface area contributed by atoms with Crippen LogP contribution in [0.15, 0.2) is 24.3 Å². The lowest BCUT2D eigenvalue weighted by molar-refractivity contribution is 0.0627. The van der Waals surface area contributed by atoms with Crippen molar-refractivity contribution < 1.29 is 4.79 Å². The van der Waals surface area contributed by atoms with Gasteiger partial charge in [0.05, 0.1) is 0 Å². The minimum absolute atomic E-state index is 0. The molecule has 2 rings (SSSR count). The minimum Gasteiger partial charge on any atom is -0.338 e. The van der Waals surface area contributed by atoms with Crippen LogP contribution in [-0.4, -0.2) is 23.9 Å². The second-order valence-electron chi connectivity index (χ2n) is 5.40. The van der Waals surface area contributed by atoms with Gasteiger partial charge in [-0.2, -0.15) is 0 Å². The maximum Gasteiger partial charge on any atom is 0.253 e.